The molecule has 2 atom stereocenters. The SMILES string of the molecule is C[C@@H]1Cc2c(C(=O)NCc3cc(C4CC4)no3)n[nH]c2[C@H](C)O1. The Labute approximate surface area is 133 Å². The van der Waals surface area contributed by atoms with Gasteiger partial charge in [-0.15, -0.1) is 0 Å². The van der Waals surface area contributed by atoms with Crippen LogP contribution in [0, 0.1) is 0 Å². The summed E-state index contributed by atoms with van der Waals surface area (Å²) < 4.78 is 11.0. The predicted molar refractivity (Wildman–Crippen MR) is 80.9 cm³/mol. The summed E-state index contributed by atoms with van der Waals surface area (Å²) in [5.41, 5.74) is 3.28. The van der Waals surface area contributed by atoms with Crippen LogP contribution in [-0.2, 0) is 17.7 Å². The Morgan fingerprint density at radius 2 is 2.26 bits per heavy atom. The van der Waals surface area contributed by atoms with Gasteiger partial charge in [0.2, 0.25) is 0 Å². The number of carbonyl (C=O) groups is 1. The van der Waals surface area contributed by atoms with E-state index < -0.39 is 0 Å². The van der Waals surface area contributed by atoms with Crippen molar-refractivity contribution in [3.05, 3.63) is 34.5 Å². The van der Waals surface area contributed by atoms with Crippen molar-refractivity contribution in [3.8, 4) is 0 Å². The molecule has 2 aromatic heterocycles. The molecule has 1 amide bonds. The van der Waals surface area contributed by atoms with Gasteiger partial charge in [0.1, 0.15) is 0 Å². The summed E-state index contributed by atoms with van der Waals surface area (Å²) in [6, 6.07) is 1.93. The molecule has 4 rings (SSSR count). The van der Waals surface area contributed by atoms with Gasteiger partial charge >= 0.3 is 0 Å². The number of ether oxygens (including phenoxy) is 1. The Hall–Kier alpha value is -2.15. The van der Waals surface area contributed by atoms with Gasteiger partial charge in [0.25, 0.3) is 5.91 Å². The number of aromatic nitrogens is 3. The van der Waals surface area contributed by atoms with E-state index in [1.807, 2.05) is 19.9 Å². The Balaban J connectivity index is 1.44. The summed E-state index contributed by atoms with van der Waals surface area (Å²) in [5, 5.41) is 14.0. The Kier molecular flexibility index (Phi) is 3.45. The molecule has 3 heterocycles. The minimum Gasteiger partial charge on any atom is -0.369 e. The maximum atomic E-state index is 12.4. The highest BCUT2D eigenvalue weighted by Crippen LogP contribution is 2.39. The molecular formula is C16H20N4O3. The third-order valence-electron chi connectivity index (χ3n) is 4.44. The van der Waals surface area contributed by atoms with Crippen LogP contribution in [0.1, 0.15) is 71.9 Å². The zero-order chi connectivity index (χ0) is 16.0. The highest BCUT2D eigenvalue weighted by molar-refractivity contribution is 5.94. The van der Waals surface area contributed by atoms with Gasteiger partial charge in [-0.3, -0.25) is 9.89 Å². The van der Waals surface area contributed by atoms with Crippen LogP contribution in [-0.4, -0.2) is 27.4 Å². The fraction of sp³-hybridized carbons (Fsp3) is 0.562. The van der Waals surface area contributed by atoms with Crippen LogP contribution < -0.4 is 5.32 Å². The minimum absolute atomic E-state index is 0.0711. The first kappa shape index (κ1) is 14.4. The predicted octanol–water partition coefficient (Wildman–Crippen LogP) is 2.23. The van der Waals surface area contributed by atoms with Gasteiger partial charge in [0, 0.05) is 24.0 Å². The van der Waals surface area contributed by atoms with E-state index in [2.05, 4.69) is 20.7 Å². The normalized spacial score (nSPS) is 23.6. The zero-order valence-corrected chi connectivity index (χ0v) is 13.3. The van der Waals surface area contributed by atoms with Crippen LogP contribution in [0.15, 0.2) is 10.6 Å². The number of rotatable bonds is 4. The van der Waals surface area contributed by atoms with Gasteiger partial charge in [-0.05, 0) is 26.7 Å². The van der Waals surface area contributed by atoms with E-state index in [9.17, 15) is 4.79 Å². The lowest BCUT2D eigenvalue weighted by Crippen LogP contribution is -2.27. The second-order valence-corrected chi connectivity index (χ2v) is 6.43. The summed E-state index contributed by atoms with van der Waals surface area (Å²) in [7, 11) is 0. The minimum atomic E-state index is -0.201. The molecule has 122 valence electrons. The number of aromatic amines is 1. The summed E-state index contributed by atoms with van der Waals surface area (Å²) in [6.45, 7) is 4.28. The fourth-order valence-corrected chi connectivity index (χ4v) is 3.10. The zero-order valence-electron chi connectivity index (χ0n) is 13.3. The van der Waals surface area contributed by atoms with Crippen LogP contribution in [0.2, 0.25) is 0 Å². The molecule has 7 heteroatoms. The van der Waals surface area contributed by atoms with Crippen LogP contribution in [0.3, 0.4) is 0 Å². The number of hydrogen-bond donors (Lipinski definition) is 2. The lowest BCUT2D eigenvalue weighted by molar-refractivity contribution is -0.00697. The number of H-pyrrole nitrogens is 1. The third kappa shape index (κ3) is 2.76. The molecule has 23 heavy (non-hydrogen) atoms. The third-order valence-corrected chi connectivity index (χ3v) is 4.44. The number of carbonyl (C=O) groups excluding carboxylic acids is 1. The largest absolute Gasteiger partial charge is 0.369 e. The first-order valence-corrected chi connectivity index (χ1v) is 8.08. The molecule has 0 bridgehead atoms. The first-order valence-electron chi connectivity index (χ1n) is 8.08. The van der Waals surface area contributed by atoms with E-state index in [-0.39, 0.29) is 18.1 Å². The first-order chi connectivity index (χ1) is 11.1. The molecular weight excluding hydrogens is 296 g/mol. The van der Waals surface area contributed by atoms with Crippen molar-refractivity contribution in [1.29, 1.82) is 0 Å². The summed E-state index contributed by atoms with van der Waals surface area (Å²) in [5.74, 6) is 1.02. The van der Waals surface area contributed by atoms with Crippen LogP contribution in [0.25, 0.3) is 0 Å². The Morgan fingerprint density at radius 3 is 3.04 bits per heavy atom. The van der Waals surface area contributed by atoms with Crippen molar-refractivity contribution < 1.29 is 14.1 Å². The molecule has 1 saturated carbocycles. The summed E-state index contributed by atoms with van der Waals surface area (Å²) in [4.78, 5) is 12.4. The molecule has 0 unspecified atom stereocenters. The molecule has 0 saturated heterocycles. The van der Waals surface area contributed by atoms with Gasteiger partial charge in [-0.2, -0.15) is 5.10 Å². The van der Waals surface area contributed by atoms with Crippen molar-refractivity contribution in [2.75, 3.05) is 0 Å². The topological polar surface area (TPSA) is 93.0 Å². The van der Waals surface area contributed by atoms with Gasteiger partial charge in [0.05, 0.1) is 30.1 Å². The van der Waals surface area contributed by atoms with Crippen molar-refractivity contribution >= 4 is 5.91 Å². The number of amides is 1. The van der Waals surface area contributed by atoms with Crippen LogP contribution >= 0.6 is 0 Å². The average Bonchev–Trinajstić information content (AvgIpc) is 3.10. The average molecular weight is 316 g/mol. The van der Waals surface area contributed by atoms with Crippen molar-refractivity contribution in [3.63, 3.8) is 0 Å². The quantitative estimate of drug-likeness (QED) is 0.902. The van der Waals surface area contributed by atoms with E-state index in [1.54, 1.807) is 0 Å². The number of nitrogens with zero attached hydrogens (tertiary/aromatic N) is 2. The molecule has 1 aliphatic carbocycles. The van der Waals surface area contributed by atoms with Crippen molar-refractivity contribution in [1.82, 2.24) is 20.7 Å². The van der Waals surface area contributed by atoms with E-state index in [0.717, 1.165) is 17.0 Å². The Bertz CT molecular complexity index is 732. The number of nitrogens with one attached hydrogen (secondary N) is 2. The molecule has 7 nitrogen and oxygen atoms in total. The maximum Gasteiger partial charge on any atom is 0.272 e. The van der Waals surface area contributed by atoms with Crippen LogP contribution in [0.5, 0.6) is 0 Å². The summed E-state index contributed by atoms with van der Waals surface area (Å²) in [6.07, 6.45) is 3.05. The van der Waals surface area contributed by atoms with Gasteiger partial charge in [0.15, 0.2) is 11.5 Å². The molecule has 0 spiro atoms. The highest BCUT2D eigenvalue weighted by atomic mass is 16.5. The molecule has 1 aliphatic heterocycles. The molecule has 0 aromatic carbocycles. The standard InChI is InChI=1S/C16H20N4O3/c1-8-5-12-14(9(2)22-8)18-19-15(12)16(21)17-7-11-6-13(20-23-11)10-3-4-10/h6,8-10H,3-5,7H2,1-2H3,(H,17,21)(H,18,19)/t8-,9+/m1/s1. The molecule has 1 fully saturated rings. The van der Waals surface area contributed by atoms with Gasteiger partial charge < -0.3 is 14.6 Å². The van der Waals surface area contributed by atoms with Crippen molar-refractivity contribution in [2.24, 2.45) is 0 Å². The van der Waals surface area contributed by atoms with Gasteiger partial charge in [-0.1, -0.05) is 5.16 Å². The smallest absolute Gasteiger partial charge is 0.272 e. The number of hydrogen-bond acceptors (Lipinski definition) is 5. The highest BCUT2D eigenvalue weighted by Gasteiger charge is 2.30. The monoisotopic (exact) mass is 316 g/mol. The van der Waals surface area contributed by atoms with E-state index in [1.165, 1.54) is 12.8 Å². The molecule has 0 radical (unpaired) electrons. The Morgan fingerprint density at radius 1 is 1.43 bits per heavy atom. The van der Waals surface area contributed by atoms with Crippen LogP contribution in [0.4, 0.5) is 0 Å². The number of fused-ring (bicyclic) bond motifs is 1. The second kappa shape index (κ2) is 5.49. The summed E-state index contributed by atoms with van der Waals surface area (Å²) >= 11 is 0. The molecule has 2 aromatic rings. The second-order valence-electron chi connectivity index (χ2n) is 6.43. The molecule has 2 N–H and O–H groups in total. The van der Waals surface area contributed by atoms with Gasteiger partial charge in [-0.25, -0.2) is 0 Å². The van der Waals surface area contributed by atoms with E-state index in [0.29, 0.717) is 30.3 Å². The van der Waals surface area contributed by atoms with E-state index >= 15 is 0 Å². The maximum absolute atomic E-state index is 12.4. The lowest BCUT2D eigenvalue weighted by Gasteiger charge is -2.25. The lowest BCUT2D eigenvalue weighted by atomic mass is 9.99. The van der Waals surface area contributed by atoms with Crippen molar-refractivity contribution in [2.45, 2.75) is 57.8 Å². The van der Waals surface area contributed by atoms with E-state index in [4.69, 9.17) is 9.26 Å². The fourth-order valence-electron chi connectivity index (χ4n) is 3.10. The molecule has 2 aliphatic rings.